The molecule has 4 nitrogen and oxygen atoms in total. The van der Waals surface area contributed by atoms with Gasteiger partial charge in [-0.3, -0.25) is 0 Å². The second-order valence-electron chi connectivity index (χ2n) is 6.76. The number of hydrogen-bond acceptors (Lipinski definition) is 4. The molecule has 1 unspecified atom stereocenters. The van der Waals surface area contributed by atoms with Gasteiger partial charge in [0.05, 0.1) is 0 Å². The van der Waals surface area contributed by atoms with E-state index in [1.165, 1.54) is 32.1 Å². The van der Waals surface area contributed by atoms with Crippen molar-refractivity contribution in [2.24, 2.45) is 0 Å². The summed E-state index contributed by atoms with van der Waals surface area (Å²) in [6.45, 7) is 4.20. The highest BCUT2D eigenvalue weighted by Gasteiger charge is 2.14. The Morgan fingerprint density at radius 1 is 0.846 bits per heavy atom. The van der Waals surface area contributed by atoms with Crippen LogP contribution in [0.15, 0.2) is 42.5 Å². The largest absolute Gasteiger partial charge is 0.455 e. The summed E-state index contributed by atoms with van der Waals surface area (Å²) < 4.78 is 12.2. The minimum atomic E-state index is -0.342. The Kier molecular flexibility index (Phi) is 8.13. The molecule has 0 amide bonds. The van der Waals surface area contributed by atoms with Crippen molar-refractivity contribution in [2.75, 3.05) is 11.5 Å². The summed E-state index contributed by atoms with van der Waals surface area (Å²) in [5.41, 5.74) is 14.1. The van der Waals surface area contributed by atoms with Gasteiger partial charge in [0.1, 0.15) is 11.5 Å². The van der Waals surface area contributed by atoms with Crippen LogP contribution in [0.1, 0.15) is 57.4 Å². The minimum Gasteiger partial charge on any atom is -0.455 e. The first-order chi connectivity index (χ1) is 12.6. The summed E-state index contributed by atoms with van der Waals surface area (Å²) in [5, 5.41) is 0. The van der Waals surface area contributed by atoms with Crippen molar-refractivity contribution in [3.63, 3.8) is 0 Å². The number of ether oxygens (including phenoxy) is 2. The molecule has 1 atom stereocenters. The fourth-order valence-electron chi connectivity index (χ4n) is 2.83. The lowest BCUT2D eigenvalue weighted by Gasteiger charge is -2.22. The molecule has 0 heterocycles. The van der Waals surface area contributed by atoms with Crippen LogP contribution in [-0.2, 0) is 0 Å². The molecule has 4 N–H and O–H groups in total. The number of hydrogen-bond donors (Lipinski definition) is 2. The Labute approximate surface area is 157 Å². The molecule has 0 fully saturated rings. The van der Waals surface area contributed by atoms with E-state index in [2.05, 4.69) is 6.92 Å². The minimum absolute atomic E-state index is 0.342. The Morgan fingerprint density at radius 3 is 2.27 bits per heavy atom. The highest BCUT2D eigenvalue weighted by atomic mass is 16.7. The second kappa shape index (κ2) is 10.6. The van der Waals surface area contributed by atoms with E-state index >= 15 is 0 Å². The lowest BCUT2D eigenvalue weighted by Crippen LogP contribution is -2.24. The summed E-state index contributed by atoms with van der Waals surface area (Å²) in [5.74, 6) is 1.54. The second-order valence-corrected chi connectivity index (χ2v) is 6.76. The third-order valence-corrected chi connectivity index (χ3v) is 4.53. The Hall–Kier alpha value is -2.36. The molecule has 0 aliphatic heterocycles. The van der Waals surface area contributed by atoms with Gasteiger partial charge in [0, 0.05) is 23.4 Å². The van der Waals surface area contributed by atoms with Gasteiger partial charge in [-0.15, -0.1) is 0 Å². The first-order valence-electron chi connectivity index (χ1n) is 9.64. The molecule has 26 heavy (non-hydrogen) atoms. The maximum atomic E-state index is 6.15. The zero-order valence-corrected chi connectivity index (χ0v) is 16.0. The highest BCUT2D eigenvalue weighted by molar-refractivity contribution is 5.53. The molecule has 0 aliphatic rings. The van der Waals surface area contributed by atoms with Crippen molar-refractivity contribution in [3.8, 4) is 11.5 Å². The molecule has 4 heteroatoms. The van der Waals surface area contributed by atoms with E-state index < -0.39 is 0 Å². The molecule has 0 aliphatic carbocycles. The first kappa shape index (κ1) is 20.0. The van der Waals surface area contributed by atoms with Crippen LogP contribution in [0.3, 0.4) is 0 Å². The van der Waals surface area contributed by atoms with Crippen molar-refractivity contribution in [1.29, 1.82) is 0 Å². The van der Waals surface area contributed by atoms with Gasteiger partial charge in [0.25, 0.3) is 0 Å². The van der Waals surface area contributed by atoms with Crippen LogP contribution >= 0.6 is 0 Å². The molecule has 142 valence electrons. The fraction of sp³-hybridized carbons (Fsp3) is 0.455. The molecule has 2 rings (SSSR count). The van der Waals surface area contributed by atoms with E-state index in [4.69, 9.17) is 20.9 Å². The molecule has 2 aromatic carbocycles. The van der Waals surface area contributed by atoms with Gasteiger partial charge in [0.15, 0.2) is 0 Å². The van der Waals surface area contributed by atoms with Crippen LogP contribution in [-0.4, -0.2) is 6.29 Å². The van der Waals surface area contributed by atoms with Crippen LogP contribution in [0, 0.1) is 6.92 Å². The summed E-state index contributed by atoms with van der Waals surface area (Å²) >= 11 is 0. The fourth-order valence-corrected chi connectivity index (χ4v) is 2.83. The zero-order chi connectivity index (χ0) is 18.8. The number of rotatable bonds is 11. The van der Waals surface area contributed by atoms with Crippen LogP contribution in [0.2, 0.25) is 0 Å². The molecule has 2 aromatic rings. The molecule has 0 radical (unpaired) electrons. The average Bonchev–Trinajstić information content (AvgIpc) is 2.63. The molecular weight excluding hydrogens is 324 g/mol. The lowest BCUT2D eigenvalue weighted by molar-refractivity contribution is -0.00288. The van der Waals surface area contributed by atoms with Crippen molar-refractivity contribution in [3.05, 3.63) is 48.0 Å². The number of nitrogen functional groups attached to an aromatic ring is 2. The predicted octanol–water partition coefficient (Wildman–Crippen LogP) is 5.69. The Balaban J connectivity index is 1.98. The van der Waals surface area contributed by atoms with E-state index in [-0.39, 0.29) is 6.29 Å². The molecule has 0 saturated carbocycles. The summed E-state index contributed by atoms with van der Waals surface area (Å²) in [6, 6.07) is 13.1. The van der Waals surface area contributed by atoms with Gasteiger partial charge in [0.2, 0.25) is 6.29 Å². The van der Waals surface area contributed by atoms with Gasteiger partial charge in [-0.25, -0.2) is 0 Å². The Bertz CT molecular complexity index is 656. The predicted molar refractivity (Wildman–Crippen MR) is 109 cm³/mol. The van der Waals surface area contributed by atoms with E-state index in [0.717, 1.165) is 41.3 Å². The van der Waals surface area contributed by atoms with Crippen molar-refractivity contribution < 1.29 is 9.47 Å². The summed E-state index contributed by atoms with van der Waals surface area (Å²) in [7, 11) is 0. The van der Waals surface area contributed by atoms with Gasteiger partial charge in [-0.05, 0) is 49.7 Å². The van der Waals surface area contributed by atoms with Crippen LogP contribution in [0.4, 0.5) is 11.4 Å². The lowest BCUT2D eigenvalue weighted by atomic mass is 10.1. The van der Waals surface area contributed by atoms with Crippen LogP contribution in [0.5, 0.6) is 11.5 Å². The normalized spacial score (nSPS) is 11.9. The van der Waals surface area contributed by atoms with Crippen molar-refractivity contribution >= 4 is 11.4 Å². The summed E-state index contributed by atoms with van der Waals surface area (Å²) in [4.78, 5) is 0. The van der Waals surface area contributed by atoms with Crippen LogP contribution < -0.4 is 20.9 Å². The average molecular weight is 357 g/mol. The van der Waals surface area contributed by atoms with Crippen molar-refractivity contribution in [1.82, 2.24) is 0 Å². The number of nitrogens with two attached hydrogens (primary N) is 2. The topological polar surface area (TPSA) is 70.5 Å². The van der Waals surface area contributed by atoms with Gasteiger partial charge >= 0.3 is 0 Å². The number of unbranched alkanes of at least 4 members (excludes halogenated alkanes) is 5. The van der Waals surface area contributed by atoms with Crippen LogP contribution in [0.25, 0.3) is 0 Å². The van der Waals surface area contributed by atoms with Gasteiger partial charge < -0.3 is 20.9 Å². The maximum absolute atomic E-state index is 6.15. The van der Waals surface area contributed by atoms with E-state index in [1.807, 2.05) is 49.4 Å². The monoisotopic (exact) mass is 356 g/mol. The molecule has 0 saturated heterocycles. The van der Waals surface area contributed by atoms with Gasteiger partial charge in [-0.1, -0.05) is 45.1 Å². The summed E-state index contributed by atoms with van der Waals surface area (Å²) in [6.07, 6.45) is 7.90. The van der Waals surface area contributed by atoms with Gasteiger partial charge in [-0.2, -0.15) is 0 Å². The SMILES string of the molecule is CCCCCCCCC(Oc1ccc(N)cc1)Oc1cccc(N)c1C. The van der Waals surface area contributed by atoms with E-state index in [0.29, 0.717) is 0 Å². The van der Waals surface area contributed by atoms with E-state index in [9.17, 15) is 0 Å². The molecule has 0 spiro atoms. The van der Waals surface area contributed by atoms with E-state index in [1.54, 1.807) is 0 Å². The Morgan fingerprint density at radius 2 is 1.54 bits per heavy atom. The first-order valence-corrected chi connectivity index (χ1v) is 9.64. The number of anilines is 2. The zero-order valence-electron chi connectivity index (χ0n) is 16.0. The molecular formula is C22H32N2O2. The smallest absolute Gasteiger partial charge is 0.241 e. The third kappa shape index (κ3) is 6.51. The maximum Gasteiger partial charge on any atom is 0.241 e. The standard InChI is InChI=1S/C22H32N2O2/c1-3-4-5-6-7-8-12-22(25-19-15-13-18(23)14-16-19)26-21-11-9-10-20(24)17(21)2/h9-11,13-16,22H,3-8,12,23-24H2,1-2H3. The highest BCUT2D eigenvalue weighted by Crippen LogP contribution is 2.26. The molecule has 0 bridgehead atoms. The van der Waals surface area contributed by atoms with Crippen molar-refractivity contribution in [2.45, 2.75) is 65.1 Å². The molecule has 0 aromatic heterocycles. The number of benzene rings is 2. The third-order valence-electron chi connectivity index (χ3n) is 4.53. The quantitative estimate of drug-likeness (QED) is 0.308.